The average Bonchev–Trinajstić information content (AvgIpc) is 3.25. The van der Waals surface area contributed by atoms with Crippen molar-refractivity contribution in [2.45, 2.75) is 24.7 Å². The third-order valence-electron chi connectivity index (χ3n) is 5.23. The first-order valence-electron chi connectivity index (χ1n) is 9.59. The highest BCUT2D eigenvalue weighted by molar-refractivity contribution is 7.89. The molecule has 1 amide bonds. The summed E-state index contributed by atoms with van der Waals surface area (Å²) >= 11 is 1.63. The van der Waals surface area contributed by atoms with E-state index in [-0.39, 0.29) is 10.8 Å². The fourth-order valence-corrected chi connectivity index (χ4v) is 5.90. The van der Waals surface area contributed by atoms with Crippen molar-refractivity contribution in [3.63, 3.8) is 0 Å². The van der Waals surface area contributed by atoms with E-state index >= 15 is 0 Å². The number of amides is 1. The van der Waals surface area contributed by atoms with Gasteiger partial charge in [0.15, 0.2) is 0 Å². The fraction of sp³-hybridized carbons (Fsp3) is 0.333. The number of para-hydroxylation sites is 1. The van der Waals surface area contributed by atoms with Gasteiger partial charge in [0.25, 0.3) is 0 Å². The molecular formula is C21H23N3O3S2. The van der Waals surface area contributed by atoms with E-state index in [1.54, 1.807) is 34.6 Å². The Labute approximate surface area is 174 Å². The molecule has 29 heavy (non-hydrogen) atoms. The van der Waals surface area contributed by atoms with Crippen LogP contribution in [-0.4, -0.2) is 54.7 Å². The van der Waals surface area contributed by atoms with Crippen LogP contribution in [0.3, 0.4) is 0 Å². The molecular weight excluding hydrogens is 406 g/mol. The van der Waals surface area contributed by atoms with E-state index < -0.39 is 10.0 Å². The normalized spacial score (nSPS) is 15.7. The second-order valence-corrected chi connectivity index (χ2v) is 9.94. The van der Waals surface area contributed by atoms with Gasteiger partial charge in [-0.2, -0.15) is 15.6 Å². The molecule has 0 aliphatic carbocycles. The molecule has 0 unspecified atom stereocenters. The van der Waals surface area contributed by atoms with Gasteiger partial charge in [-0.25, -0.2) is 8.42 Å². The highest BCUT2D eigenvalue weighted by atomic mass is 32.2. The molecule has 2 aromatic heterocycles. The number of sulfonamides is 1. The van der Waals surface area contributed by atoms with Crippen molar-refractivity contribution in [2.24, 2.45) is 0 Å². The van der Waals surface area contributed by atoms with Crippen LogP contribution in [0.5, 0.6) is 0 Å². The quantitative estimate of drug-likeness (QED) is 0.625. The predicted molar refractivity (Wildman–Crippen MR) is 114 cm³/mol. The molecule has 0 N–H and O–H groups in total. The van der Waals surface area contributed by atoms with Gasteiger partial charge in [0, 0.05) is 44.2 Å². The van der Waals surface area contributed by atoms with Gasteiger partial charge in [-0.05, 0) is 53.4 Å². The van der Waals surface area contributed by atoms with Crippen LogP contribution in [-0.2, 0) is 21.2 Å². The van der Waals surface area contributed by atoms with E-state index in [2.05, 4.69) is 10.4 Å². The van der Waals surface area contributed by atoms with Crippen molar-refractivity contribution in [3.05, 3.63) is 58.4 Å². The first-order chi connectivity index (χ1) is 13.9. The minimum Gasteiger partial charge on any atom is -0.340 e. The van der Waals surface area contributed by atoms with Crippen LogP contribution in [0.15, 0.2) is 52.2 Å². The Balaban J connectivity index is 1.44. The number of aryl methyl sites for hydroxylation is 2. The Kier molecular flexibility index (Phi) is 5.67. The Bertz CT molecular complexity index is 1120. The molecule has 1 fully saturated rings. The van der Waals surface area contributed by atoms with Crippen molar-refractivity contribution >= 4 is 38.2 Å². The molecule has 1 aliphatic rings. The van der Waals surface area contributed by atoms with E-state index in [1.165, 1.54) is 9.87 Å². The molecule has 0 bridgehead atoms. The number of hydrogen-bond donors (Lipinski definition) is 0. The smallest absolute Gasteiger partial charge is 0.245 e. The number of piperazine rings is 1. The lowest BCUT2D eigenvalue weighted by Crippen LogP contribution is -2.50. The van der Waals surface area contributed by atoms with Crippen molar-refractivity contribution in [2.75, 3.05) is 26.2 Å². The lowest BCUT2D eigenvalue weighted by molar-refractivity contribution is -0.132. The number of aromatic nitrogens is 1. The first-order valence-corrected chi connectivity index (χ1v) is 12.0. The lowest BCUT2D eigenvalue weighted by atomic mass is 10.1. The van der Waals surface area contributed by atoms with Crippen LogP contribution in [0.25, 0.3) is 10.9 Å². The van der Waals surface area contributed by atoms with Crippen LogP contribution in [0.4, 0.5) is 0 Å². The molecule has 6 nitrogen and oxygen atoms in total. The van der Waals surface area contributed by atoms with Crippen LogP contribution in [0.1, 0.15) is 17.5 Å². The van der Waals surface area contributed by atoms with Gasteiger partial charge in [0.1, 0.15) is 4.90 Å². The van der Waals surface area contributed by atoms with Gasteiger partial charge < -0.3 is 4.90 Å². The van der Waals surface area contributed by atoms with E-state index in [0.29, 0.717) is 38.1 Å². The third kappa shape index (κ3) is 4.19. The largest absolute Gasteiger partial charge is 0.340 e. The van der Waals surface area contributed by atoms with Gasteiger partial charge in [0.2, 0.25) is 15.9 Å². The number of hydrogen-bond acceptors (Lipinski definition) is 5. The molecule has 0 spiro atoms. The number of benzene rings is 1. The number of rotatable bonds is 5. The summed E-state index contributed by atoms with van der Waals surface area (Å²) in [7, 11) is -3.66. The van der Waals surface area contributed by atoms with Crippen LogP contribution < -0.4 is 0 Å². The lowest BCUT2D eigenvalue weighted by Gasteiger charge is -2.34. The zero-order valence-corrected chi connectivity index (χ0v) is 17.9. The van der Waals surface area contributed by atoms with Crippen LogP contribution in [0, 0.1) is 6.92 Å². The second kappa shape index (κ2) is 8.22. The molecule has 1 aliphatic heterocycles. The van der Waals surface area contributed by atoms with E-state index in [9.17, 15) is 13.2 Å². The summed E-state index contributed by atoms with van der Waals surface area (Å²) < 4.78 is 27.9. The Morgan fingerprint density at radius 2 is 1.97 bits per heavy atom. The zero-order valence-electron chi connectivity index (χ0n) is 16.2. The van der Waals surface area contributed by atoms with Gasteiger partial charge in [-0.3, -0.25) is 9.78 Å². The summed E-state index contributed by atoms with van der Waals surface area (Å²) in [5.74, 6) is 0.0792. The molecule has 4 rings (SSSR count). The second-order valence-electron chi connectivity index (χ2n) is 7.26. The number of nitrogens with zero attached hydrogens (tertiary/aromatic N) is 3. The Morgan fingerprint density at radius 3 is 2.69 bits per heavy atom. The average molecular weight is 430 g/mol. The number of fused-ring (bicyclic) bond motifs is 1. The topological polar surface area (TPSA) is 70.6 Å². The van der Waals surface area contributed by atoms with Crippen molar-refractivity contribution < 1.29 is 13.2 Å². The number of thiophene rings is 1. The monoisotopic (exact) mass is 429 g/mol. The SMILES string of the molecule is Cc1cnc2c(S(=O)(=O)N3CCN(C(=O)CCc4ccsc4)CC3)cccc2c1. The standard InChI is InChI=1S/C21H23N3O3S2/c1-16-13-18-3-2-4-19(21(18)22-14-16)29(26,27)24-10-8-23(9-11-24)20(25)6-5-17-7-12-28-15-17/h2-4,7,12-15H,5-6,8-11H2,1H3. The van der Waals surface area contributed by atoms with Crippen molar-refractivity contribution in [1.82, 2.24) is 14.2 Å². The zero-order chi connectivity index (χ0) is 20.4. The molecule has 1 saturated heterocycles. The van der Waals surface area contributed by atoms with Gasteiger partial charge in [-0.15, -0.1) is 0 Å². The molecule has 3 heterocycles. The first kappa shape index (κ1) is 20.0. The number of carbonyl (C=O) groups is 1. The molecule has 0 saturated carbocycles. The van der Waals surface area contributed by atoms with Crippen molar-refractivity contribution in [1.29, 1.82) is 0 Å². The van der Waals surface area contributed by atoms with Crippen LogP contribution >= 0.6 is 11.3 Å². The molecule has 152 valence electrons. The summed E-state index contributed by atoms with van der Waals surface area (Å²) in [6, 6.07) is 9.20. The number of carbonyl (C=O) groups excluding carboxylic acids is 1. The summed E-state index contributed by atoms with van der Waals surface area (Å²) in [5, 5.41) is 4.87. The summed E-state index contributed by atoms with van der Waals surface area (Å²) in [6.45, 7) is 3.36. The predicted octanol–water partition coefficient (Wildman–Crippen LogP) is 3.07. The Morgan fingerprint density at radius 1 is 1.17 bits per heavy atom. The highest BCUT2D eigenvalue weighted by Crippen LogP contribution is 2.25. The molecule has 0 radical (unpaired) electrons. The van der Waals surface area contributed by atoms with E-state index in [0.717, 1.165) is 17.4 Å². The fourth-order valence-electron chi connectivity index (χ4n) is 3.61. The molecule has 8 heteroatoms. The molecule has 1 aromatic carbocycles. The van der Waals surface area contributed by atoms with E-state index in [1.807, 2.05) is 30.5 Å². The summed E-state index contributed by atoms with van der Waals surface area (Å²) in [5.41, 5.74) is 2.65. The van der Waals surface area contributed by atoms with Crippen LogP contribution in [0.2, 0.25) is 0 Å². The minimum atomic E-state index is -3.66. The maximum atomic E-state index is 13.2. The van der Waals surface area contributed by atoms with Gasteiger partial charge in [-0.1, -0.05) is 12.1 Å². The summed E-state index contributed by atoms with van der Waals surface area (Å²) in [6.07, 6.45) is 2.86. The molecule has 0 atom stereocenters. The molecule has 3 aromatic rings. The Hall–Kier alpha value is -2.29. The van der Waals surface area contributed by atoms with Crippen molar-refractivity contribution in [3.8, 4) is 0 Å². The minimum absolute atomic E-state index is 0.0792. The maximum Gasteiger partial charge on any atom is 0.245 e. The van der Waals surface area contributed by atoms with Gasteiger partial charge in [0.05, 0.1) is 5.52 Å². The maximum absolute atomic E-state index is 13.2. The number of pyridine rings is 1. The highest BCUT2D eigenvalue weighted by Gasteiger charge is 2.31. The van der Waals surface area contributed by atoms with Gasteiger partial charge >= 0.3 is 0 Å². The third-order valence-corrected chi connectivity index (χ3v) is 7.89. The van der Waals surface area contributed by atoms with E-state index in [4.69, 9.17) is 0 Å². The summed E-state index contributed by atoms with van der Waals surface area (Å²) in [4.78, 5) is 18.8.